The average molecular weight is 396 g/mol. The standard InChI is InChI=1S/C21H20N2O4S/c1-12-5-7-16(13(2)9-12)23-20(25)15(19(24)22-21(23)28)10-14-6-8-17(26-3)18(11-14)27-4/h5-11H,1-4H3,(H,22,24,28)/b15-10+. The number of hydrogen-bond acceptors (Lipinski definition) is 5. The molecule has 1 fully saturated rings. The van der Waals surface area contributed by atoms with Crippen LogP contribution in [0.25, 0.3) is 6.08 Å². The molecule has 1 aliphatic heterocycles. The van der Waals surface area contributed by atoms with E-state index in [2.05, 4.69) is 5.32 Å². The van der Waals surface area contributed by atoms with Crippen LogP contribution in [0.1, 0.15) is 16.7 Å². The van der Waals surface area contributed by atoms with Crippen LogP contribution in [-0.4, -0.2) is 31.1 Å². The quantitative estimate of drug-likeness (QED) is 0.489. The molecule has 1 heterocycles. The van der Waals surface area contributed by atoms with Gasteiger partial charge in [0.1, 0.15) is 5.57 Å². The summed E-state index contributed by atoms with van der Waals surface area (Å²) in [5.41, 5.74) is 3.21. The summed E-state index contributed by atoms with van der Waals surface area (Å²) in [6.07, 6.45) is 1.51. The van der Waals surface area contributed by atoms with Crippen molar-refractivity contribution in [2.24, 2.45) is 0 Å². The molecule has 0 spiro atoms. The molecule has 0 aromatic heterocycles. The fourth-order valence-electron chi connectivity index (χ4n) is 3.04. The van der Waals surface area contributed by atoms with Gasteiger partial charge in [-0.15, -0.1) is 0 Å². The summed E-state index contributed by atoms with van der Waals surface area (Å²) < 4.78 is 10.5. The number of ether oxygens (including phenoxy) is 2. The number of benzene rings is 2. The number of rotatable bonds is 4. The van der Waals surface area contributed by atoms with Crippen LogP contribution in [0.15, 0.2) is 42.0 Å². The third-order valence-corrected chi connectivity index (χ3v) is 4.70. The number of carbonyl (C=O) groups excluding carboxylic acids is 2. The van der Waals surface area contributed by atoms with Gasteiger partial charge in [-0.3, -0.25) is 19.8 Å². The summed E-state index contributed by atoms with van der Waals surface area (Å²) in [4.78, 5) is 26.9. The van der Waals surface area contributed by atoms with Gasteiger partial charge in [0.05, 0.1) is 19.9 Å². The zero-order valence-corrected chi connectivity index (χ0v) is 16.8. The van der Waals surface area contributed by atoms with E-state index >= 15 is 0 Å². The molecule has 2 amide bonds. The Morgan fingerprint density at radius 1 is 1.00 bits per heavy atom. The molecule has 28 heavy (non-hydrogen) atoms. The molecule has 2 aromatic rings. The Morgan fingerprint density at radius 2 is 1.71 bits per heavy atom. The van der Waals surface area contributed by atoms with E-state index in [1.165, 1.54) is 25.2 Å². The number of aryl methyl sites for hydroxylation is 2. The van der Waals surface area contributed by atoms with Crippen molar-refractivity contribution in [1.82, 2.24) is 5.32 Å². The first kappa shape index (κ1) is 19.6. The maximum absolute atomic E-state index is 13.1. The highest BCUT2D eigenvalue weighted by Crippen LogP contribution is 2.30. The molecule has 7 heteroatoms. The predicted octanol–water partition coefficient (Wildman–Crippen LogP) is 3.15. The van der Waals surface area contributed by atoms with Gasteiger partial charge in [-0.05, 0) is 61.5 Å². The maximum atomic E-state index is 13.1. The van der Waals surface area contributed by atoms with E-state index in [4.69, 9.17) is 21.7 Å². The number of anilines is 1. The Kier molecular flexibility index (Phi) is 5.46. The lowest BCUT2D eigenvalue weighted by Gasteiger charge is -2.30. The van der Waals surface area contributed by atoms with E-state index < -0.39 is 11.8 Å². The van der Waals surface area contributed by atoms with Crippen LogP contribution in [0.5, 0.6) is 11.5 Å². The van der Waals surface area contributed by atoms with E-state index in [0.717, 1.165) is 11.1 Å². The second kappa shape index (κ2) is 7.82. The Balaban J connectivity index is 2.04. The molecular weight excluding hydrogens is 376 g/mol. The average Bonchev–Trinajstić information content (AvgIpc) is 2.66. The second-order valence-electron chi connectivity index (χ2n) is 6.36. The summed E-state index contributed by atoms with van der Waals surface area (Å²) in [6.45, 7) is 3.86. The molecular formula is C21H20N2O4S. The van der Waals surface area contributed by atoms with E-state index in [1.54, 1.807) is 18.2 Å². The molecule has 0 aliphatic carbocycles. The van der Waals surface area contributed by atoms with E-state index in [-0.39, 0.29) is 10.7 Å². The number of amides is 2. The zero-order chi connectivity index (χ0) is 20.4. The molecule has 0 radical (unpaired) electrons. The number of carbonyl (C=O) groups is 2. The van der Waals surface area contributed by atoms with E-state index in [1.807, 2.05) is 32.0 Å². The molecule has 0 atom stereocenters. The van der Waals surface area contributed by atoms with Crippen molar-refractivity contribution in [2.45, 2.75) is 13.8 Å². The zero-order valence-electron chi connectivity index (χ0n) is 16.0. The van der Waals surface area contributed by atoms with E-state index in [9.17, 15) is 9.59 Å². The van der Waals surface area contributed by atoms with Gasteiger partial charge in [0.25, 0.3) is 11.8 Å². The molecule has 3 rings (SSSR count). The van der Waals surface area contributed by atoms with Gasteiger partial charge in [-0.2, -0.15) is 0 Å². The Bertz CT molecular complexity index is 1010. The number of hydrogen-bond donors (Lipinski definition) is 1. The third kappa shape index (κ3) is 3.61. The predicted molar refractivity (Wildman–Crippen MR) is 112 cm³/mol. The summed E-state index contributed by atoms with van der Waals surface area (Å²) in [6, 6.07) is 10.8. The van der Waals surface area contributed by atoms with Gasteiger partial charge < -0.3 is 9.47 Å². The van der Waals surface area contributed by atoms with Gasteiger partial charge in [0, 0.05) is 0 Å². The molecule has 144 valence electrons. The second-order valence-corrected chi connectivity index (χ2v) is 6.75. The third-order valence-electron chi connectivity index (χ3n) is 4.41. The Hall–Kier alpha value is -3.19. The minimum absolute atomic E-state index is 0.0132. The molecule has 0 unspecified atom stereocenters. The first-order valence-electron chi connectivity index (χ1n) is 8.56. The lowest BCUT2D eigenvalue weighted by molar-refractivity contribution is -0.122. The van der Waals surface area contributed by atoms with Crippen LogP contribution in [0, 0.1) is 13.8 Å². The van der Waals surface area contributed by atoms with Crippen molar-refractivity contribution in [1.29, 1.82) is 0 Å². The van der Waals surface area contributed by atoms with Crippen molar-refractivity contribution in [3.63, 3.8) is 0 Å². The van der Waals surface area contributed by atoms with Gasteiger partial charge >= 0.3 is 0 Å². The summed E-state index contributed by atoms with van der Waals surface area (Å²) in [7, 11) is 3.06. The lowest BCUT2D eigenvalue weighted by Crippen LogP contribution is -2.54. The monoisotopic (exact) mass is 396 g/mol. The molecule has 1 saturated heterocycles. The van der Waals surface area contributed by atoms with Crippen molar-refractivity contribution in [2.75, 3.05) is 19.1 Å². The highest BCUT2D eigenvalue weighted by atomic mass is 32.1. The number of nitrogens with one attached hydrogen (secondary N) is 1. The molecule has 0 saturated carbocycles. The largest absolute Gasteiger partial charge is 0.493 e. The smallest absolute Gasteiger partial charge is 0.270 e. The number of methoxy groups -OCH3 is 2. The first-order chi connectivity index (χ1) is 13.3. The van der Waals surface area contributed by atoms with E-state index in [0.29, 0.717) is 22.7 Å². The highest BCUT2D eigenvalue weighted by Gasteiger charge is 2.35. The Labute approximate surface area is 168 Å². The molecule has 1 N–H and O–H groups in total. The highest BCUT2D eigenvalue weighted by molar-refractivity contribution is 7.80. The van der Waals surface area contributed by atoms with Gasteiger partial charge in [0.2, 0.25) is 0 Å². The lowest BCUT2D eigenvalue weighted by atomic mass is 10.0. The fourth-order valence-corrected chi connectivity index (χ4v) is 3.32. The molecule has 1 aliphatic rings. The van der Waals surface area contributed by atoms with Crippen LogP contribution < -0.4 is 19.7 Å². The van der Waals surface area contributed by atoms with Crippen LogP contribution in [0.4, 0.5) is 5.69 Å². The maximum Gasteiger partial charge on any atom is 0.270 e. The first-order valence-corrected chi connectivity index (χ1v) is 8.97. The minimum Gasteiger partial charge on any atom is -0.493 e. The van der Waals surface area contributed by atoms with Crippen LogP contribution in [-0.2, 0) is 9.59 Å². The topological polar surface area (TPSA) is 67.9 Å². The molecule has 2 aromatic carbocycles. The summed E-state index contributed by atoms with van der Waals surface area (Å²) >= 11 is 5.26. The normalized spacial score (nSPS) is 15.6. The van der Waals surface area contributed by atoms with Crippen molar-refractivity contribution >= 4 is 40.9 Å². The molecule has 6 nitrogen and oxygen atoms in total. The minimum atomic E-state index is -0.536. The van der Waals surface area contributed by atoms with Crippen LogP contribution in [0.3, 0.4) is 0 Å². The van der Waals surface area contributed by atoms with Gasteiger partial charge in [-0.1, -0.05) is 23.8 Å². The van der Waals surface area contributed by atoms with Gasteiger partial charge in [0.15, 0.2) is 16.6 Å². The van der Waals surface area contributed by atoms with Crippen molar-refractivity contribution < 1.29 is 19.1 Å². The summed E-state index contributed by atoms with van der Waals surface area (Å²) in [5, 5.41) is 2.66. The van der Waals surface area contributed by atoms with Crippen LogP contribution >= 0.6 is 12.2 Å². The Morgan fingerprint density at radius 3 is 2.36 bits per heavy atom. The van der Waals surface area contributed by atoms with Gasteiger partial charge in [-0.25, -0.2) is 0 Å². The van der Waals surface area contributed by atoms with Crippen LogP contribution in [0.2, 0.25) is 0 Å². The number of thiocarbonyl (C=S) groups is 1. The fraction of sp³-hybridized carbons (Fsp3) is 0.190. The summed E-state index contributed by atoms with van der Waals surface area (Å²) in [5.74, 6) is 0.0470. The molecule has 0 bridgehead atoms. The van der Waals surface area contributed by atoms with Crippen molar-refractivity contribution in [3.8, 4) is 11.5 Å². The van der Waals surface area contributed by atoms with Crippen molar-refractivity contribution in [3.05, 3.63) is 58.7 Å². The number of nitrogens with zero attached hydrogens (tertiary/aromatic N) is 1. The SMILES string of the molecule is COc1ccc(/C=C2\C(=O)NC(=S)N(c3ccc(C)cc3C)C2=O)cc1OC.